The molecule has 0 unspecified atom stereocenters. The molecule has 29 heavy (non-hydrogen) atoms. The van der Waals surface area contributed by atoms with E-state index in [4.69, 9.17) is 18.9 Å². The summed E-state index contributed by atoms with van der Waals surface area (Å²) in [5.74, 6) is 2.20. The Morgan fingerprint density at radius 2 is 1.86 bits per heavy atom. The SMILES string of the molecule is CCOc1ccc(C(=O)NC[C@@H](c2ccc3c(c2)OCO3)[NH+]2CCOCC2)cc1. The molecule has 1 atom stereocenters. The van der Waals surface area contributed by atoms with E-state index in [1.165, 1.54) is 4.90 Å². The highest BCUT2D eigenvalue weighted by Gasteiger charge is 2.28. The zero-order valence-electron chi connectivity index (χ0n) is 16.6. The number of nitrogens with one attached hydrogen (secondary N) is 2. The fourth-order valence-electron chi connectivity index (χ4n) is 3.78. The lowest BCUT2D eigenvalue weighted by molar-refractivity contribution is -0.937. The van der Waals surface area contributed by atoms with E-state index in [1.54, 1.807) is 12.1 Å². The number of hydrogen-bond donors (Lipinski definition) is 2. The van der Waals surface area contributed by atoms with Gasteiger partial charge in [-0.2, -0.15) is 0 Å². The smallest absolute Gasteiger partial charge is 0.251 e. The number of ether oxygens (including phenoxy) is 4. The van der Waals surface area contributed by atoms with Gasteiger partial charge < -0.3 is 29.2 Å². The summed E-state index contributed by atoms with van der Waals surface area (Å²) in [6.45, 7) is 6.57. The van der Waals surface area contributed by atoms with E-state index in [9.17, 15) is 4.79 Å². The highest BCUT2D eigenvalue weighted by Crippen LogP contribution is 2.33. The molecular formula is C22H27N2O5+. The van der Waals surface area contributed by atoms with Crippen LogP contribution in [-0.4, -0.2) is 52.2 Å². The maximum Gasteiger partial charge on any atom is 0.251 e. The lowest BCUT2D eigenvalue weighted by Gasteiger charge is -2.32. The molecule has 1 fully saturated rings. The first-order valence-corrected chi connectivity index (χ1v) is 10.1. The average Bonchev–Trinajstić information content (AvgIpc) is 3.23. The van der Waals surface area contributed by atoms with Gasteiger partial charge in [0.05, 0.1) is 26.4 Å². The monoisotopic (exact) mass is 399 g/mol. The molecular weight excluding hydrogens is 372 g/mol. The number of amides is 1. The van der Waals surface area contributed by atoms with Crippen LogP contribution in [0.15, 0.2) is 42.5 Å². The van der Waals surface area contributed by atoms with Gasteiger partial charge in [0.2, 0.25) is 6.79 Å². The van der Waals surface area contributed by atoms with Crippen LogP contribution in [-0.2, 0) is 4.74 Å². The Bertz CT molecular complexity index is 834. The average molecular weight is 399 g/mol. The van der Waals surface area contributed by atoms with Crippen LogP contribution < -0.4 is 24.4 Å². The van der Waals surface area contributed by atoms with Crippen LogP contribution in [0, 0.1) is 0 Å². The van der Waals surface area contributed by atoms with Gasteiger partial charge in [0, 0.05) is 11.1 Å². The molecule has 1 amide bonds. The third kappa shape index (κ3) is 4.63. The van der Waals surface area contributed by atoms with Crippen molar-refractivity contribution in [3.05, 3.63) is 53.6 Å². The molecule has 0 spiro atoms. The van der Waals surface area contributed by atoms with Crippen LogP contribution in [0.4, 0.5) is 0 Å². The molecule has 2 aliphatic heterocycles. The predicted molar refractivity (Wildman–Crippen MR) is 107 cm³/mol. The number of fused-ring (bicyclic) bond motifs is 1. The lowest BCUT2D eigenvalue weighted by Crippen LogP contribution is -3.15. The van der Waals surface area contributed by atoms with Crippen LogP contribution in [0.5, 0.6) is 17.2 Å². The fraction of sp³-hybridized carbons (Fsp3) is 0.409. The molecule has 0 bridgehead atoms. The van der Waals surface area contributed by atoms with Gasteiger partial charge in [-0.3, -0.25) is 4.79 Å². The summed E-state index contributed by atoms with van der Waals surface area (Å²) < 4.78 is 21.9. The van der Waals surface area contributed by atoms with Gasteiger partial charge in [-0.05, 0) is 49.4 Å². The van der Waals surface area contributed by atoms with Crippen LogP contribution in [0.2, 0.25) is 0 Å². The van der Waals surface area contributed by atoms with Crippen molar-refractivity contribution in [3.63, 3.8) is 0 Å². The standard InChI is InChI=1S/C22H26N2O5/c1-2-27-18-6-3-16(4-7-18)22(25)23-14-19(24-9-11-26-12-10-24)17-5-8-20-21(13-17)29-15-28-20/h3-8,13,19H,2,9-12,14-15H2,1H3,(H,23,25)/p+1/t19-/m0/s1. The molecule has 4 rings (SSSR count). The van der Waals surface area contributed by atoms with E-state index in [-0.39, 0.29) is 18.7 Å². The van der Waals surface area contributed by atoms with Crippen molar-refractivity contribution in [2.24, 2.45) is 0 Å². The topological polar surface area (TPSA) is 70.5 Å². The zero-order chi connectivity index (χ0) is 20.1. The van der Waals surface area contributed by atoms with E-state index in [1.807, 2.05) is 31.2 Å². The number of morpholine rings is 1. The van der Waals surface area contributed by atoms with Crippen LogP contribution in [0.3, 0.4) is 0 Å². The summed E-state index contributed by atoms with van der Waals surface area (Å²) in [5.41, 5.74) is 1.74. The molecule has 2 aromatic carbocycles. The highest BCUT2D eigenvalue weighted by atomic mass is 16.7. The van der Waals surface area contributed by atoms with E-state index in [0.717, 1.165) is 49.1 Å². The first-order valence-electron chi connectivity index (χ1n) is 10.1. The number of carbonyl (C=O) groups excluding carboxylic acids is 1. The van der Waals surface area contributed by atoms with Crippen molar-refractivity contribution >= 4 is 5.91 Å². The maximum absolute atomic E-state index is 12.7. The normalized spacial score (nSPS) is 17.0. The number of hydrogen-bond acceptors (Lipinski definition) is 5. The summed E-state index contributed by atoms with van der Waals surface area (Å²) in [5, 5.41) is 3.10. The Hall–Kier alpha value is -2.77. The maximum atomic E-state index is 12.7. The molecule has 0 saturated carbocycles. The van der Waals surface area contributed by atoms with Gasteiger partial charge in [-0.25, -0.2) is 0 Å². The summed E-state index contributed by atoms with van der Waals surface area (Å²) in [6.07, 6.45) is 0. The molecule has 2 aliphatic rings. The van der Waals surface area contributed by atoms with E-state index < -0.39 is 0 Å². The summed E-state index contributed by atoms with van der Waals surface area (Å²) in [6, 6.07) is 13.4. The number of benzene rings is 2. The van der Waals surface area contributed by atoms with E-state index in [0.29, 0.717) is 18.7 Å². The summed E-state index contributed by atoms with van der Waals surface area (Å²) in [4.78, 5) is 14.1. The third-order valence-electron chi connectivity index (χ3n) is 5.32. The Balaban J connectivity index is 1.47. The van der Waals surface area contributed by atoms with Crippen LogP contribution >= 0.6 is 0 Å². The van der Waals surface area contributed by atoms with Crippen molar-refractivity contribution in [2.75, 3.05) is 46.2 Å². The van der Waals surface area contributed by atoms with Gasteiger partial charge in [0.1, 0.15) is 24.9 Å². The van der Waals surface area contributed by atoms with E-state index in [2.05, 4.69) is 11.4 Å². The highest BCUT2D eigenvalue weighted by molar-refractivity contribution is 5.94. The summed E-state index contributed by atoms with van der Waals surface area (Å²) in [7, 11) is 0. The van der Waals surface area contributed by atoms with E-state index >= 15 is 0 Å². The predicted octanol–water partition coefficient (Wildman–Crippen LogP) is 1.20. The molecule has 154 valence electrons. The third-order valence-corrected chi connectivity index (χ3v) is 5.32. The van der Waals surface area contributed by atoms with Gasteiger partial charge in [0.15, 0.2) is 11.5 Å². The van der Waals surface area contributed by atoms with Gasteiger partial charge in [0.25, 0.3) is 5.91 Å². The minimum Gasteiger partial charge on any atom is -0.494 e. The summed E-state index contributed by atoms with van der Waals surface area (Å²) >= 11 is 0. The van der Waals surface area contributed by atoms with Gasteiger partial charge >= 0.3 is 0 Å². The minimum absolute atomic E-state index is 0.0912. The number of rotatable bonds is 7. The van der Waals surface area contributed by atoms with Crippen molar-refractivity contribution < 1.29 is 28.6 Å². The second-order valence-electron chi connectivity index (χ2n) is 7.10. The Morgan fingerprint density at radius 3 is 2.62 bits per heavy atom. The molecule has 7 heteroatoms. The fourth-order valence-corrected chi connectivity index (χ4v) is 3.78. The molecule has 2 heterocycles. The lowest BCUT2D eigenvalue weighted by atomic mass is 10.0. The Kier molecular flexibility index (Phi) is 6.17. The second-order valence-corrected chi connectivity index (χ2v) is 7.10. The van der Waals surface area contributed by atoms with Crippen molar-refractivity contribution in [1.82, 2.24) is 5.32 Å². The van der Waals surface area contributed by atoms with Crippen LogP contribution in [0.25, 0.3) is 0 Å². The Labute approximate surface area is 170 Å². The molecule has 0 aliphatic carbocycles. The molecule has 2 aromatic rings. The first kappa shape index (κ1) is 19.5. The molecule has 2 N–H and O–H groups in total. The molecule has 0 aromatic heterocycles. The number of carbonyl (C=O) groups is 1. The van der Waals surface area contributed by atoms with Gasteiger partial charge in [-0.1, -0.05) is 0 Å². The van der Waals surface area contributed by atoms with Crippen molar-refractivity contribution in [1.29, 1.82) is 0 Å². The zero-order valence-corrected chi connectivity index (χ0v) is 16.6. The van der Waals surface area contributed by atoms with Gasteiger partial charge in [-0.15, -0.1) is 0 Å². The largest absolute Gasteiger partial charge is 0.494 e. The first-order chi connectivity index (χ1) is 14.2. The van der Waals surface area contributed by atoms with Crippen molar-refractivity contribution in [3.8, 4) is 17.2 Å². The van der Waals surface area contributed by atoms with Crippen molar-refractivity contribution in [2.45, 2.75) is 13.0 Å². The quantitative estimate of drug-likeness (QED) is 0.732. The second kappa shape index (κ2) is 9.15. The number of quaternary nitrogens is 1. The minimum atomic E-state index is -0.0912. The molecule has 7 nitrogen and oxygen atoms in total. The Morgan fingerprint density at radius 1 is 1.10 bits per heavy atom. The molecule has 0 radical (unpaired) electrons. The van der Waals surface area contributed by atoms with Crippen LogP contribution in [0.1, 0.15) is 28.9 Å². The molecule has 1 saturated heterocycles.